The maximum atomic E-state index is 12.4. The van der Waals surface area contributed by atoms with E-state index >= 15 is 0 Å². The van der Waals surface area contributed by atoms with E-state index in [4.69, 9.17) is 4.74 Å². The molecule has 1 aromatic carbocycles. The number of para-hydroxylation sites is 1. The topological polar surface area (TPSA) is 105 Å². The number of carbonyl (C=O) groups is 1. The number of benzene rings is 1. The third-order valence-corrected chi connectivity index (χ3v) is 5.37. The molecule has 26 heavy (non-hydrogen) atoms. The largest absolute Gasteiger partial charge is 0.867 e. The normalized spacial score (nSPS) is 13.6. The Morgan fingerprint density at radius 1 is 1.38 bits per heavy atom. The third-order valence-electron chi connectivity index (χ3n) is 4.17. The lowest BCUT2D eigenvalue weighted by Gasteiger charge is -2.12. The van der Waals surface area contributed by atoms with Crippen molar-refractivity contribution in [1.82, 2.24) is 0 Å². The van der Waals surface area contributed by atoms with Crippen molar-refractivity contribution in [3.05, 3.63) is 49.9 Å². The lowest BCUT2D eigenvalue weighted by molar-refractivity contribution is -0.398. The highest BCUT2D eigenvalue weighted by molar-refractivity contribution is 7.16. The van der Waals surface area contributed by atoms with Crippen molar-refractivity contribution >= 4 is 34.2 Å². The van der Waals surface area contributed by atoms with E-state index in [-0.39, 0.29) is 12.2 Å². The molecule has 3 rings (SSSR count). The van der Waals surface area contributed by atoms with E-state index in [9.17, 15) is 20.0 Å². The molecular weight excluding hydrogens is 356 g/mol. The molecule has 0 fully saturated rings. The van der Waals surface area contributed by atoms with Gasteiger partial charge in [0.1, 0.15) is 5.00 Å². The fraction of sp³-hybridized carbons (Fsp3) is 0.333. The molecular formula is C18H17N2O5S-. The molecule has 1 heterocycles. The molecule has 0 saturated heterocycles. The van der Waals surface area contributed by atoms with Crippen molar-refractivity contribution < 1.29 is 19.6 Å². The first-order chi connectivity index (χ1) is 12.5. The minimum atomic E-state index is -0.715. The predicted molar refractivity (Wildman–Crippen MR) is 96.7 cm³/mol. The summed E-state index contributed by atoms with van der Waals surface area (Å²) in [7, 11) is 0. The molecule has 0 unspecified atom stereocenters. The van der Waals surface area contributed by atoms with Gasteiger partial charge in [0.25, 0.3) is 5.69 Å². The summed E-state index contributed by atoms with van der Waals surface area (Å²) in [6, 6.07) is 4.07. The number of hydrogen-bond donors (Lipinski definition) is 0. The fourth-order valence-corrected chi connectivity index (χ4v) is 4.19. The molecule has 0 radical (unpaired) electrons. The Labute approximate surface area is 154 Å². The Morgan fingerprint density at radius 3 is 2.88 bits per heavy atom. The molecule has 1 aromatic heterocycles. The first kappa shape index (κ1) is 18.1. The van der Waals surface area contributed by atoms with Gasteiger partial charge in [0, 0.05) is 17.2 Å². The van der Waals surface area contributed by atoms with Crippen LogP contribution in [0.25, 0.3) is 0 Å². The number of hydrogen-bond acceptors (Lipinski definition) is 7. The number of carbonyl (C=O) groups excluding carboxylic acids is 1. The van der Waals surface area contributed by atoms with Gasteiger partial charge in [0.05, 0.1) is 17.1 Å². The molecule has 0 bridgehead atoms. The second-order valence-electron chi connectivity index (χ2n) is 5.82. The average Bonchev–Trinajstić information content (AvgIpc) is 2.99. The Balaban J connectivity index is 2.01. The van der Waals surface area contributed by atoms with Crippen LogP contribution in [0.1, 0.15) is 46.1 Å². The lowest BCUT2D eigenvalue weighted by Crippen LogP contribution is -2.09. The maximum Gasteiger partial charge on any atom is 0.341 e. The van der Waals surface area contributed by atoms with Gasteiger partial charge >= 0.3 is 5.97 Å². The Bertz CT molecular complexity index is 888. The lowest BCUT2D eigenvalue weighted by atomic mass is 9.95. The first-order valence-corrected chi connectivity index (χ1v) is 9.14. The fourth-order valence-electron chi connectivity index (χ4n) is 2.97. The van der Waals surface area contributed by atoms with Gasteiger partial charge in [-0.1, -0.05) is 12.1 Å². The van der Waals surface area contributed by atoms with Crippen LogP contribution in [0.2, 0.25) is 0 Å². The number of nitro groups is 1. The van der Waals surface area contributed by atoms with Crippen molar-refractivity contribution in [2.45, 2.75) is 32.6 Å². The number of ether oxygens (including phenoxy) is 1. The molecule has 136 valence electrons. The van der Waals surface area contributed by atoms with Crippen molar-refractivity contribution in [2.24, 2.45) is 4.99 Å². The van der Waals surface area contributed by atoms with E-state index in [1.165, 1.54) is 29.7 Å². The number of nitrogens with zero attached hydrogens (tertiary/aromatic N) is 2. The van der Waals surface area contributed by atoms with Crippen LogP contribution in [0.3, 0.4) is 0 Å². The highest BCUT2D eigenvalue weighted by atomic mass is 32.1. The Morgan fingerprint density at radius 2 is 2.15 bits per heavy atom. The van der Waals surface area contributed by atoms with E-state index in [2.05, 4.69) is 4.99 Å². The number of aliphatic imine (C=N–C) groups is 1. The average molecular weight is 373 g/mol. The van der Waals surface area contributed by atoms with Crippen molar-refractivity contribution in [2.75, 3.05) is 6.61 Å². The second kappa shape index (κ2) is 7.65. The van der Waals surface area contributed by atoms with Gasteiger partial charge in [-0.2, -0.15) is 0 Å². The molecule has 0 aliphatic heterocycles. The van der Waals surface area contributed by atoms with Gasteiger partial charge in [-0.3, -0.25) is 10.1 Å². The monoisotopic (exact) mass is 373 g/mol. The van der Waals surface area contributed by atoms with Gasteiger partial charge in [-0.15, -0.1) is 11.3 Å². The summed E-state index contributed by atoms with van der Waals surface area (Å²) >= 11 is 1.42. The van der Waals surface area contributed by atoms with Crippen molar-refractivity contribution in [1.29, 1.82) is 0 Å². The van der Waals surface area contributed by atoms with Crippen molar-refractivity contribution in [3.8, 4) is 5.75 Å². The van der Waals surface area contributed by atoms with Crippen LogP contribution in [0.5, 0.6) is 5.75 Å². The van der Waals surface area contributed by atoms with Crippen LogP contribution >= 0.6 is 11.3 Å². The standard InChI is InChI=1S/C18H18N2O5S/c1-2-25-18(22)15-12-7-3-4-9-14(12)26-17(15)19-10-11-6-5-8-13(16(11)21)20(23)24/h5-6,8,10,21H,2-4,7,9H2,1H3/p-1. The molecule has 1 aliphatic carbocycles. The van der Waals surface area contributed by atoms with Crippen molar-refractivity contribution in [3.63, 3.8) is 0 Å². The highest BCUT2D eigenvalue weighted by Crippen LogP contribution is 2.40. The van der Waals surface area contributed by atoms with E-state index < -0.39 is 22.3 Å². The number of aryl methyl sites for hydroxylation is 1. The minimum Gasteiger partial charge on any atom is -0.867 e. The van der Waals surface area contributed by atoms with Gasteiger partial charge in [0.2, 0.25) is 0 Å². The Kier molecular flexibility index (Phi) is 5.32. The third kappa shape index (κ3) is 3.45. The quantitative estimate of drug-likeness (QED) is 0.345. The summed E-state index contributed by atoms with van der Waals surface area (Å²) in [5.41, 5.74) is 1.05. The Hall–Kier alpha value is -2.74. The summed E-state index contributed by atoms with van der Waals surface area (Å²) in [6.45, 7) is 2.01. The molecule has 7 nitrogen and oxygen atoms in total. The smallest absolute Gasteiger partial charge is 0.341 e. The number of nitro benzene ring substituents is 1. The molecule has 0 N–H and O–H groups in total. The molecule has 0 amide bonds. The SMILES string of the molecule is CCOC(=O)c1c(N=Cc2cccc([N+](=O)[O-])c2[O-])sc2c1CCCC2. The number of thiophene rings is 1. The summed E-state index contributed by atoms with van der Waals surface area (Å²) in [5.74, 6) is -1.11. The maximum absolute atomic E-state index is 12.4. The molecule has 8 heteroatoms. The predicted octanol–water partition coefficient (Wildman–Crippen LogP) is 3.54. The van der Waals surface area contributed by atoms with E-state index in [1.54, 1.807) is 6.92 Å². The van der Waals surface area contributed by atoms with Gasteiger partial charge in [0.15, 0.2) is 0 Å². The van der Waals surface area contributed by atoms with E-state index in [0.29, 0.717) is 10.6 Å². The van der Waals surface area contributed by atoms with Crippen LogP contribution in [-0.4, -0.2) is 23.7 Å². The van der Waals surface area contributed by atoms with Crippen LogP contribution < -0.4 is 5.11 Å². The minimum absolute atomic E-state index is 0.111. The van der Waals surface area contributed by atoms with E-state index in [0.717, 1.165) is 42.2 Å². The molecule has 0 spiro atoms. The molecule has 0 atom stereocenters. The molecule has 0 saturated carbocycles. The zero-order valence-corrected chi connectivity index (χ0v) is 15.0. The van der Waals surface area contributed by atoms with Crippen LogP contribution in [0.4, 0.5) is 10.7 Å². The first-order valence-electron chi connectivity index (χ1n) is 8.33. The summed E-state index contributed by atoms with van der Waals surface area (Å²) in [5, 5.41) is 23.5. The van der Waals surface area contributed by atoms with E-state index in [1.807, 2.05) is 0 Å². The van der Waals surface area contributed by atoms with Crippen LogP contribution in [-0.2, 0) is 17.6 Å². The number of esters is 1. The molecule has 2 aromatic rings. The molecule has 1 aliphatic rings. The number of fused-ring (bicyclic) bond motifs is 1. The summed E-state index contributed by atoms with van der Waals surface area (Å²) in [6.07, 6.45) is 5.06. The zero-order chi connectivity index (χ0) is 18.7. The summed E-state index contributed by atoms with van der Waals surface area (Å²) in [4.78, 5) is 28.0. The van der Waals surface area contributed by atoms with Crippen LogP contribution in [0, 0.1) is 10.1 Å². The van der Waals surface area contributed by atoms with Gasteiger partial charge in [-0.25, -0.2) is 9.79 Å². The van der Waals surface area contributed by atoms with Gasteiger partial charge < -0.3 is 9.84 Å². The zero-order valence-electron chi connectivity index (χ0n) is 14.2. The van der Waals surface area contributed by atoms with Crippen LogP contribution in [0.15, 0.2) is 23.2 Å². The summed E-state index contributed by atoms with van der Waals surface area (Å²) < 4.78 is 5.16. The highest BCUT2D eigenvalue weighted by Gasteiger charge is 2.26. The number of rotatable bonds is 5. The van der Waals surface area contributed by atoms with Gasteiger partial charge in [-0.05, 0) is 49.5 Å². The second-order valence-corrected chi connectivity index (χ2v) is 6.91.